The lowest BCUT2D eigenvalue weighted by Gasteiger charge is -2.28. The molecule has 0 rings (SSSR count). The van der Waals surface area contributed by atoms with Gasteiger partial charge in [0.2, 0.25) is 0 Å². The highest BCUT2D eigenvalue weighted by atomic mass is 31.2. The number of phosphoric ester groups is 1. The van der Waals surface area contributed by atoms with Crippen molar-refractivity contribution in [2.45, 2.75) is 367 Å². The molecule has 0 aromatic carbocycles. The Labute approximate surface area is 534 Å². The molecular weight excluding hydrogens is 1090 g/mol. The third-order valence-electron chi connectivity index (χ3n) is 16.5. The molecule has 0 fully saturated rings. The van der Waals surface area contributed by atoms with Crippen molar-refractivity contribution >= 4 is 19.8 Å². The van der Waals surface area contributed by atoms with E-state index < -0.39 is 26.5 Å². The number of unbranched alkanes of at least 4 members (excludes halogenated alkanes) is 45. The van der Waals surface area contributed by atoms with E-state index >= 15 is 0 Å². The van der Waals surface area contributed by atoms with Gasteiger partial charge in [-0.2, -0.15) is 0 Å². The molecule has 0 aliphatic rings. The largest absolute Gasteiger partial charge is 0.756 e. The monoisotopic (exact) mass is 1230 g/mol. The SMILES string of the molecule is CCCCCCC/C=C\C/C=C\C/C=C\CCCCCCCCCCCCC(=O)OC(COC(=O)CCCCCCCCCCCCCCCCCCCCCCCCCCC/C=C\C/C=C\CCCCCCC)COP(=O)([O-])OCC[N+](C)(C)C. The van der Waals surface area contributed by atoms with Crippen LogP contribution in [-0.2, 0) is 32.7 Å². The van der Waals surface area contributed by atoms with E-state index in [-0.39, 0.29) is 32.0 Å². The van der Waals surface area contributed by atoms with Crippen molar-refractivity contribution in [3.8, 4) is 0 Å². The maximum absolute atomic E-state index is 12.9. The van der Waals surface area contributed by atoms with Gasteiger partial charge in [0.05, 0.1) is 27.7 Å². The highest BCUT2D eigenvalue weighted by Crippen LogP contribution is 2.38. The third kappa shape index (κ3) is 70.8. The molecule has 10 heteroatoms. The lowest BCUT2D eigenvalue weighted by atomic mass is 10.0. The van der Waals surface area contributed by atoms with Gasteiger partial charge < -0.3 is 27.9 Å². The Balaban J connectivity index is 3.95. The molecule has 0 aromatic rings. The summed E-state index contributed by atoms with van der Waals surface area (Å²) in [6.07, 6.45) is 88.9. The molecule has 0 aromatic heterocycles. The Morgan fingerprint density at radius 3 is 0.930 bits per heavy atom. The van der Waals surface area contributed by atoms with Crippen LogP contribution in [0.15, 0.2) is 60.8 Å². The van der Waals surface area contributed by atoms with E-state index in [0.29, 0.717) is 17.4 Å². The third-order valence-corrected chi connectivity index (χ3v) is 17.5. The van der Waals surface area contributed by atoms with Crippen LogP contribution in [0.2, 0.25) is 0 Å². The summed E-state index contributed by atoms with van der Waals surface area (Å²) in [6.45, 7) is 4.27. The Morgan fingerprint density at radius 2 is 0.628 bits per heavy atom. The van der Waals surface area contributed by atoms with Gasteiger partial charge in [-0.15, -0.1) is 0 Å². The molecule has 2 unspecified atom stereocenters. The molecule has 0 aliphatic heterocycles. The number of esters is 2. The van der Waals surface area contributed by atoms with Crippen LogP contribution in [0.1, 0.15) is 361 Å². The number of likely N-dealkylation sites (N-methyl/N-ethyl adjacent to an activating group) is 1. The number of hydrogen-bond acceptors (Lipinski definition) is 8. The van der Waals surface area contributed by atoms with E-state index in [0.717, 1.165) is 64.2 Å². The second kappa shape index (κ2) is 67.1. The number of ether oxygens (including phenoxy) is 2. The summed E-state index contributed by atoms with van der Waals surface area (Å²) in [4.78, 5) is 38.1. The maximum atomic E-state index is 12.9. The van der Waals surface area contributed by atoms with Crippen molar-refractivity contribution in [3.63, 3.8) is 0 Å². The fourth-order valence-corrected chi connectivity index (χ4v) is 11.5. The normalized spacial score (nSPS) is 13.4. The maximum Gasteiger partial charge on any atom is 0.306 e. The number of nitrogens with zero attached hydrogens (tertiary/aromatic N) is 1. The summed E-state index contributed by atoms with van der Waals surface area (Å²) in [5.41, 5.74) is 0. The second-order valence-corrected chi connectivity index (χ2v) is 27.7. The minimum atomic E-state index is -4.64. The minimum absolute atomic E-state index is 0.0312. The van der Waals surface area contributed by atoms with Gasteiger partial charge in [0.15, 0.2) is 6.10 Å². The van der Waals surface area contributed by atoms with Gasteiger partial charge in [-0.25, -0.2) is 0 Å². The van der Waals surface area contributed by atoms with Crippen LogP contribution in [0, 0.1) is 0 Å². The summed E-state index contributed by atoms with van der Waals surface area (Å²) < 4.78 is 34.3. The average Bonchev–Trinajstić information content (AvgIpc) is 3.70. The topological polar surface area (TPSA) is 111 Å². The molecular formula is C76H142NO8P. The molecule has 2 atom stereocenters. The van der Waals surface area contributed by atoms with Crippen LogP contribution >= 0.6 is 7.82 Å². The molecule has 0 radical (unpaired) electrons. The summed E-state index contributed by atoms with van der Waals surface area (Å²) in [7, 11) is 1.18. The van der Waals surface area contributed by atoms with Crippen molar-refractivity contribution in [1.29, 1.82) is 0 Å². The minimum Gasteiger partial charge on any atom is -0.756 e. The van der Waals surface area contributed by atoms with Crippen molar-refractivity contribution in [2.75, 3.05) is 47.5 Å². The van der Waals surface area contributed by atoms with Gasteiger partial charge in [0, 0.05) is 12.8 Å². The number of quaternary nitrogens is 1. The van der Waals surface area contributed by atoms with Gasteiger partial charge in [-0.3, -0.25) is 14.2 Å². The number of allylic oxidation sites excluding steroid dienone is 10. The molecule has 0 saturated heterocycles. The lowest BCUT2D eigenvalue weighted by molar-refractivity contribution is -0.870. The highest BCUT2D eigenvalue weighted by molar-refractivity contribution is 7.45. The van der Waals surface area contributed by atoms with Crippen LogP contribution in [0.3, 0.4) is 0 Å². The van der Waals surface area contributed by atoms with E-state index in [1.165, 1.54) is 263 Å². The lowest BCUT2D eigenvalue weighted by Crippen LogP contribution is -2.37. The van der Waals surface area contributed by atoms with Gasteiger partial charge in [-0.05, 0) is 83.5 Å². The first kappa shape index (κ1) is 83.7. The Kier molecular flexibility index (Phi) is 65.3. The van der Waals surface area contributed by atoms with Crippen molar-refractivity contribution in [3.05, 3.63) is 60.8 Å². The summed E-state index contributed by atoms with van der Waals surface area (Å²) >= 11 is 0. The van der Waals surface area contributed by atoms with Crippen LogP contribution in [0.25, 0.3) is 0 Å². The molecule has 504 valence electrons. The number of hydrogen-bond donors (Lipinski definition) is 0. The fraction of sp³-hybridized carbons (Fsp3) is 0.842. The molecule has 0 N–H and O–H groups in total. The number of rotatable bonds is 69. The molecule has 0 saturated carbocycles. The number of carbonyl (C=O) groups excluding carboxylic acids is 2. The standard InChI is InChI=1S/C76H142NO8P/c1-6-8-10-12-14-16-18-20-22-24-26-28-30-32-33-34-35-36-37-38-39-40-41-42-43-45-46-48-50-52-54-56-58-60-62-64-66-68-75(78)82-72-74(73-84-86(80,81)83-71-70-77(3,4)5)85-76(79)69-67-65-63-61-59-57-55-53-51-49-47-44-31-29-27-25-23-21-19-17-15-13-11-9-7-2/h18-21,24-27,31,44,74H,6-17,22-23,28-30,32-43,45-73H2,1-5H3/b20-18-,21-19-,26-24-,27-25-,44-31-. The smallest absolute Gasteiger partial charge is 0.306 e. The number of phosphoric acid groups is 1. The van der Waals surface area contributed by atoms with Crippen LogP contribution in [-0.4, -0.2) is 70.0 Å². The van der Waals surface area contributed by atoms with E-state index in [9.17, 15) is 19.0 Å². The van der Waals surface area contributed by atoms with Crippen LogP contribution in [0.5, 0.6) is 0 Å². The summed E-state index contributed by atoms with van der Waals surface area (Å²) in [6, 6.07) is 0. The first-order valence-electron chi connectivity index (χ1n) is 37.0. The predicted molar refractivity (Wildman–Crippen MR) is 370 cm³/mol. The van der Waals surface area contributed by atoms with Gasteiger partial charge in [-0.1, -0.05) is 325 Å². The zero-order chi connectivity index (χ0) is 62.6. The van der Waals surface area contributed by atoms with Crippen LogP contribution < -0.4 is 4.89 Å². The quantitative estimate of drug-likeness (QED) is 0.0195. The molecule has 0 spiro atoms. The average molecular weight is 1230 g/mol. The Bertz CT molecular complexity index is 1630. The molecule has 86 heavy (non-hydrogen) atoms. The van der Waals surface area contributed by atoms with E-state index in [4.69, 9.17) is 18.5 Å². The van der Waals surface area contributed by atoms with Crippen molar-refractivity contribution in [2.24, 2.45) is 0 Å². The van der Waals surface area contributed by atoms with Gasteiger partial charge in [0.25, 0.3) is 7.82 Å². The zero-order valence-corrected chi connectivity index (χ0v) is 58.4. The molecule has 0 aliphatic carbocycles. The van der Waals surface area contributed by atoms with Gasteiger partial charge >= 0.3 is 11.9 Å². The number of carbonyl (C=O) groups is 2. The molecule has 0 bridgehead atoms. The second-order valence-electron chi connectivity index (χ2n) is 26.3. The Morgan fingerprint density at radius 1 is 0.360 bits per heavy atom. The van der Waals surface area contributed by atoms with Crippen molar-refractivity contribution in [1.82, 2.24) is 0 Å². The predicted octanol–water partition coefficient (Wildman–Crippen LogP) is 23.5. The summed E-state index contributed by atoms with van der Waals surface area (Å²) in [5.74, 6) is -0.822. The fourth-order valence-electron chi connectivity index (χ4n) is 10.8. The first-order chi connectivity index (χ1) is 42.0. The highest BCUT2D eigenvalue weighted by Gasteiger charge is 2.22. The van der Waals surface area contributed by atoms with E-state index in [1.807, 2.05) is 21.1 Å². The van der Waals surface area contributed by atoms with Crippen molar-refractivity contribution < 1.29 is 42.1 Å². The summed E-state index contributed by atoms with van der Waals surface area (Å²) in [5, 5.41) is 0. The Hall–Kier alpha value is -2.29. The molecule has 0 heterocycles. The van der Waals surface area contributed by atoms with Gasteiger partial charge in [0.1, 0.15) is 19.8 Å². The van der Waals surface area contributed by atoms with Crippen LogP contribution in [0.4, 0.5) is 0 Å². The van der Waals surface area contributed by atoms with E-state index in [1.54, 1.807) is 0 Å². The van der Waals surface area contributed by atoms with E-state index in [2.05, 4.69) is 74.6 Å². The molecule has 0 amide bonds. The molecule has 9 nitrogen and oxygen atoms in total. The zero-order valence-electron chi connectivity index (χ0n) is 57.5. The first-order valence-corrected chi connectivity index (χ1v) is 38.5.